The number of hydrogen-bond acceptors (Lipinski definition) is 5. The molecule has 2 N–H and O–H groups in total. The molecule has 0 saturated carbocycles. The summed E-state index contributed by atoms with van der Waals surface area (Å²) in [6.07, 6.45) is 1.40. The zero-order valence-corrected chi connectivity index (χ0v) is 13.4. The summed E-state index contributed by atoms with van der Waals surface area (Å²) in [6, 6.07) is 5.20. The molecule has 2 fully saturated rings. The number of aromatic amines is 1. The fraction of sp³-hybridized carbons (Fsp3) is 0.625. The van der Waals surface area contributed by atoms with Crippen molar-refractivity contribution in [2.45, 2.75) is 13.3 Å². The molecule has 2 aliphatic heterocycles. The first-order valence-electron chi connectivity index (χ1n) is 7.87. The Bertz CT molecular complexity index is 563. The van der Waals surface area contributed by atoms with Gasteiger partial charge in [-0.25, -0.2) is 0 Å². The summed E-state index contributed by atoms with van der Waals surface area (Å²) in [6.45, 7) is 8.48. The lowest BCUT2D eigenvalue weighted by Gasteiger charge is -2.29. The van der Waals surface area contributed by atoms with Gasteiger partial charge < -0.3 is 20.1 Å². The summed E-state index contributed by atoms with van der Waals surface area (Å²) >= 11 is 0. The van der Waals surface area contributed by atoms with E-state index in [4.69, 9.17) is 5.26 Å². The minimum Gasteiger partial charge on any atom is -0.369 e. The number of piperazine rings is 1. The third kappa shape index (κ3) is 4.86. The van der Waals surface area contributed by atoms with E-state index in [0.29, 0.717) is 5.69 Å². The van der Waals surface area contributed by atoms with Crippen LogP contribution in [0.2, 0.25) is 0 Å². The van der Waals surface area contributed by atoms with E-state index in [1.807, 2.05) is 6.07 Å². The summed E-state index contributed by atoms with van der Waals surface area (Å²) in [5, 5.41) is 12.0. The molecule has 6 heteroatoms. The van der Waals surface area contributed by atoms with Gasteiger partial charge in [-0.3, -0.25) is 4.79 Å². The standard InChI is InChI=1S/C10H12N4O.C6H13N/c11-7-8-5-9(6-10(15)13-8)14-3-1-12-2-4-14;1-6-3-4-7(2)5-6/h5-6,12H,1-4H2,(H,13,15);6H,3-5H2,1-2H3/t;6-/m.1/s1. The van der Waals surface area contributed by atoms with Crippen molar-refractivity contribution >= 4 is 5.69 Å². The molecular formula is C16H25N5O. The first-order chi connectivity index (χ1) is 10.6. The van der Waals surface area contributed by atoms with Crippen LogP contribution in [0, 0.1) is 17.2 Å². The molecule has 0 spiro atoms. The Morgan fingerprint density at radius 1 is 1.27 bits per heavy atom. The van der Waals surface area contributed by atoms with E-state index in [9.17, 15) is 4.79 Å². The van der Waals surface area contributed by atoms with Gasteiger partial charge in [-0.2, -0.15) is 5.26 Å². The zero-order chi connectivity index (χ0) is 15.9. The van der Waals surface area contributed by atoms with Gasteiger partial charge in [-0.1, -0.05) is 6.92 Å². The largest absolute Gasteiger partial charge is 0.369 e. The number of pyridine rings is 1. The number of nitrogens with one attached hydrogen (secondary N) is 2. The van der Waals surface area contributed by atoms with Crippen LogP contribution in [0.5, 0.6) is 0 Å². The van der Waals surface area contributed by atoms with Crippen molar-refractivity contribution in [2.24, 2.45) is 5.92 Å². The summed E-state index contributed by atoms with van der Waals surface area (Å²) < 4.78 is 0. The average molecular weight is 303 g/mol. The minimum atomic E-state index is -0.220. The van der Waals surface area contributed by atoms with Crippen LogP contribution in [-0.4, -0.2) is 56.2 Å². The van der Waals surface area contributed by atoms with Gasteiger partial charge >= 0.3 is 0 Å². The molecule has 1 aromatic heterocycles. The molecular weight excluding hydrogens is 278 g/mol. The first kappa shape index (κ1) is 16.5. The van der Waals surface area contributed by atoms with E-state index in [0.717, 1.165) is 37.8 Å². The van der Waals surface area contributed by atoms with Gasteiger partial charge in [0.1, 0.15) is 11.8 Å². The highest BCUT2D eigenvalue weighted by atomic mass is 16.1. The van der Waals surface area contributed by atoms with Crippen molar-refractivity contribution in [1.82, 2.24) is 15.2 Å². The summed E-state index contributed by atoms with van der Waals surface area (Å²) in [7, 11) is 2.18. The Kier molecular flexibility index (Phi) is 5.99. The van der Waals surface area contributed by atoms with Gasteiger partial charge in [0.2, 0.25) is 0 Å². The summed E-state index contributed by atoms with van der Waals surface area (Å²) in [5.41, 5.74) is 0.926. The van der Waals surface area contributed by atoms with Gasteiger partial charge in [0.25, 0.3) is 5.56 Å². The van der Waals surface area contributed by atoms with Gasteiger partial charge in [0.05, 0.1) is 0 Å². The van der Waals surface area contributed by atoms with Crippen LogP contribution in [0.1, 0.15) is 19.0 Å². The van der Waals surface area contributed by atoms with E-state index in [1.54, 1.807) is 6.07 Å². The van der Waals surface area contributed by atoms with E-state index < -0.39 is 0 Å². The maximum absolute atomic E-state index is 11.3. The Morgan fingerprint density at radius 3 is 2.50 bits per heavy atom. The minimum absolute atomic E-state index is 0.220. The Hall–Kier alpha value is -1.84. The maximum atomic E-state index is 11.3. The fourth-order valence-corrected chi connectivity index (χ4v) is 2.85. The molecule has 120 valence electrons. The van der Waals surface area contributed by atoms with Gasteiger partial charge in [0, 0.05) is 44.5 Å². The molecule has 0 radical (unpaired) electrons. The van der Waals surface area contributed by atoms with E-state index in [1.165, 1.54) is 25.6 Å². The molecule has 1 aromatic rings. The van der Waals surface area contributed by atoms with Crippen molar-refractivity contribution in [2.75, 3.05) is 51.2 Å². The number of H-pyrrole nitrogens is 1. The first-order valence-corrected chi connectivity index (χ1v) is 7.87. The van der Waals surface area contributed by atoms with Crippen molar-refractivity contribution in [3.63, 3.8) is 0 Å². The second-order valence-corrected chi connectivity index (χ2v) is 6.12. The molecule has 0 aliphatic carbocycles. The molecule has 22 heavy (non-hydrogen) atoms. The third-order valence-electron chi connectivity index (χ3n) is 4.06. The number of aromatic nitrogens is 1. The van der Waals surface area contributed by atoms with Crippen LogP contribution in [0.25, 0.3) is 0 Å². The zero-order valence-electron chi connectivity index (χ0n) is 13.4. The molecule has 3 heterocycles. The lowest BCUT2D eigenvalue weighted by atomic mass is 10.2. The lowest BCUT2D eigenvalue weighted by molar-refractivity contribution is 0.402. The molecule has 0 aromatic carbocycles. The predicted molar refractivity (Wildman–Crippen MR) is 88.1 cm³/mol. The second kappa shape index (κ2) is 7.97. The number of rotatable bonds is 1. The average Bonchev–Trinajstić information content (AvgIpc) is 2.91. The number of nitriles is 1. The van der Waals surface area contributed by atoms with Crippen molar-refractivity contribution in [3.8, 4) is 6.07 Å². The van der Waals surface area contributed by atoms with E-state index >= 15 is 0 Å². The normalized spacial score (nSPS) is 21.9. The molecule has 1 atom stereocenters. The van der Waals surface area contributed by atoms with E-state index in [2.05, 4.69) is 34.1 Å². The highest BCUT2D eigenvalue weighted by Gasteiger charge is 2.13. The quantitative estimate of drug-likeness (QED) is 0.795. The lowest BCUT2D eigenvalue weighted by Crippen LogP contribution is -2.43. The number of hydrogen-bond donors (Lipinski definition) is 2. The van der Waals surface area contributed by atoms with Crippen LogP contribution in [0.15, 0.2) is 16.9 Å². The monoisotopic (exact) mass is 303 g/mol. The SMILES string of the molecule is C[C@@H]1CCN(C)C1.N#Cc1cc(N2CCNCC2)cc(=O)[nH]1. The van der Waals surface area contributed by atoms with Crippen LogP contribution in [0.3, 0.4) is 0 Å². The molecule has 0 bridgehead atoms. The van der Waals surface area contributed by atoms with Crippen molar-refractivity contribution in [3.05, 3.63) is 28.2 Å². The summed E-state index contributed by atoms with van der Waals surface area (Å²) in [4.78, 5) is 18.2. The van der Waals surface area contributed by atoms with E-state index in [-0.39, 0.29) is 5.56 Å². The number of likely N-dealkylation sites (tertiary alicyclic amines) is 1. The highest BCUT2D eigenvalue weighted by molar-refractivity contribution is 5.49. The molecule has 6 nitrogen and oxygen atoms in total. The second-order valence-electron chi connectivity index (χ2n) is 6.12. The van der Waals surface area contributed by atoms with Crippen LogP contribution >= 0.6 is 0 Å². The van der Waals surface area contributed by atoms with Gasteiger partial charge in [-0.05, 0) is 32.0 Å². The van der Waals surface area contributed by atoms with Crippen molar-refractivity contribution < 1.29 is 0 Å². The molecule has 2 aliphatic rings. The molecule has 0 unspecified atom stereocenters. The predicted octanol–water partition coefficient (Wildman–Crippen LogP) is 0.614. The topological polar surface area (TPSA) is 75.2 Å². The Morgan fingerprint density at radius 2 is 2.00 bits per heavy atom. The van der Waals surface area contributed by atoms with Crippen molar-refractivity contribution in [1.29, 1.82) is 5.26 Å². The fourth-order valence-electron chi connectivity index (χ4n) is 2.85. The van der Waals surface area contributed by atoms with Gasteiger partial charge in [-0.15, -0.1) is 0 Å². The van der Waals surface area contributed by atoms with Gasteiger partial charge in [0.15, 0.2) is 0 Å². The van der Waals surface area contributed by atoms with Crippen LogP contribution in [-0.2, 0) is 0 Å². The smallest absolute Gasteiger partial charge is 0.250 e. The third-order valence-corrected chi connectivity index (χ3v) is 4.06. The molecule has 2 saturated heterocycles. The molecule has 0 amide bonds. The Labute approximate surface area is 131 Å². The highest BCUT2D eigenvalue weighted by Crippen LogP contribution is 2.12. The summed E-state index contributed by atoms with van der Waals surface area (Å²) in [5.74, 6) is 0.949. The maximum Gasteiger partial charge on any atom is 0.250 e. The Balaban J connectivity index is 0.000000211. The van der Waals surface area contributed by atoms with Crippen LogP contribution < -0.4 is 15.8 Å². The van der Waals surface area contributed by atoms with Crippen LogP contribution in [0.4, 0.5) is 5.69 Å². The number of anilines is 1. The molecule has 3 rings (SSSR count). The number of nitrogens with zero attached hydrogens (tertiary/aromatic N) is 3.